The van der Waals surface area contributed by atoms with Gasteiger partial charge in [0.1, 0.15) is 0 Å². The number of amides is 1. The van der Waals surface area contributed by atoms with Crippen LogP contribution in [-0.4, -0.2) is 5.91 Å². The fourth-order valence-electron chi connectivity index (χ4n) is 1.99. The largest absolute Gasteiger partial charge is 0.369 e. The van der Waals surface area contributed by atoms with Crippen LogP contribution in [0.5, 0.6) is 0 Å². The van der Waals surface area contributed by atoms with E-state index in [2.05, 4.69) is 0 Å². The molecule has 1 amide bonds. The van der Waals surface area contributed by atoms with Gasteiger partial charge in [0.25, 0.3) is 0 Å². The summed E-state index contributed by atoms with van der Waals surface area (Å²) < 4.78 is 0. The molecule has 0 saturated carbocycles. The number of hydrogen-bond acceptors (Lipinski definition) is 1. The van der Waals surface area contributed by atoms with Gasteiger partial charge in [0.2, 0.25) is 5.91 Å². The van der Waals surface area contributed by atoms with Crippen molar-refractivity contribution >= 4 is 18.3 Å². The highest BCUT2D eigenvalue weighted by atomic mass is 35.5. The molecule has 0 saturated heterocycles. The van der Waals surface area contributed by atoms with Crippen LogP contribution in [-0.2, 0) is 10.2 Å². The predicted octanol–water partition coefficient (Wildman–Crippen LogP) is 2.90. The van der Waals surface area contributed by atoms with Crippen LogP contribution in [0.4, 0.5) is 0 Å². The first-order valence-corrected chi connectivity index (χ1v) is 5.56. The van der Waals surface area contributed by atoms with Gasteiger partial charge >= 0.3 is 0 Å². The number of primary amides is 1. The SMILES string of the molecule is CC(C(N)=O)(c1ccccc1)c1ccccc1.Cl. The van der Waals surface area contributed by atoms with E-state index in [1.807, 2.05) is 67.6 Å². The first-order chi connectivity index (χ1) is 8.15. The van der Waals surface area contributed by atoms with Crippen LogP contribution in [0, 0.1) is 0 Å². The maximum atomic E-state index is 11.8. The third kappa shape index (κ3) is 2.39. The Hall–Kier alpha value is -1.80. The Labute approximate surface area is 113 Å². The molecule has 0 radical (unpaired) electrons. The van der Waals surface area contributed by atoms with Crippen LogP contribution in [0.1, 0.15) is 18.1 Å². The van der Waals surface area contributed by atoms with Crippen LogP contribution >= 0.6 is 12.4 Å². The molecule has 0 unspecified atom stereocenters. The zero-order chi connectivity index (χ0) is 12.3. The minimum absolute atomic E-state index is 0. The highest BCUT2D eigenvalue weighted by molar-refractivity contribution is 5.90. The fourth-order valence-corrected chi connectivity index (χ4v) is 1.99. The number of hydrogen-bond donors (Lipinski definition) is 1. The molecule has 0 fully saturated rings. The monoisotopic (exact) mass is 261 g/mol. The first kappa shape index (κ1) is 14.3. The van der Waals surface area contributed by atoms with Crippen LogP contribution in [0.15, 0.2) is 60.7 Å². The molecule has 0 spiro atoms. The molecule has 2 rings (SSSR count). The number of halogens is 1. The average molecular weight is 262 g/mol. The zero-order valence-corrected chi connectivity index (χ0v) is 11.0. The summed E-state index contributed by atoms with van der Waals surface area (Å²) in [6.45, 7) is 1.86. The molecule has 0 heterocycles. The number of carbonyl (C=O) groups is 1. The van der Waals surface area contributed by atoms with Gasteiger partial charge in [-0.25, -0.2) is 0 Å². The molecule has 0 atom stereocenters. The second-order valence-electron chi connectivity index (χ2n) is 4.22. The lowest BCUT2D eigenvalue weighted by Gasteiger charge is -2.27. The number of carbonyl (C=O) groups excluding carboxylic acids is 1. The van der Waals surface area contributed by atoms with Crippen LogP contribution in [0.3, 0.4) is 0 Å². The summed E-state index contributed by atoms with van der Waals surface area (Å²) in [6, 6.07) is 19.2. The molecular formula is C15H16ClNO. The lowest BCUT2D eigenvalue weighted by atomic mass is 9.76. The molecule has 0 aromatic heterocycles. The standard InChI is InChI=1S/C15H15NO.ClH/c1-15(14(16)17,12-8-4-2-5-9-12)13-10-6-3-7-11-13;/h2-11H,1H3,(H2,16,17);1H. The summed E-state index contributed by atoms with van der Waals surface area (Å²) >= 11 is 0. The molecule has 2 aromatic carbocycles. The van der Waals surface area contributed by atoms with Crippen molar-refractivity contribution in [2.75, 3.05) is 0 Å². The Morgan fingerprint density at radius 1 is 0.889 bits per heavy atom. The molecule has 0 aliphatic carbocycles. The van der Waals surface area contributed by atoms with E-state index in [9.17, 15) is 4.79 Å². The second kappa shape index (κ2) is 5.69. The normalized spacial score (nSPS) is 10.5. The summed E-state index contributed by atoms with van der Waals surface area (Å²) in [6.07, 6.45) is 0. The molecule has 3 heteroatoms. The lowest BCUT2D eigenvalue weighted by Crippen LogP contribution is -2.39. The van der Waals surface area contributed by atoms with Gasteiger partial charge in [-0.3, -0.25) is 4.79 Å². The topological polar surface area (TPSA) is 43.1 Å². The predicted molar refractivity (Wildman–Crippen MR) is 75.8 cm³/mol. The van der Waals surface area contributed by atoms with Gasteiger partial charge in [-0.05, 0) is 18.1 Å². The van der Waals surface area contributed by atoms with E-state index < -0.39 is 5.41 Å². The Balaban J connectivity index is 0.00000162. The fraction of sp³-hybridized carbons (Fsp3) is 0.133. The molecule has 2 nitrogen and oxygen atoms in total. The summed E-state index contributed by atoms with van der Waals surface area (Å²) in [5.74, 6) is -0.338. The summed E-state index contributed by atoms with van der Waals surface area (Å²) in [4.78, 5) is 11.8. The van der Waals surface area contributed by atoms with Crippen molar-refractivity contribution in [2.24, 2.45) is 5.73 Å². The van der Waals surface area contributed by atoms with Gasteiger partial charge in [-0.1, -0.05) is 60.7 Å². The van der Waals surface area contributed by atoms with E-state index in [0.29, 0.717) is 0 Å². The molecule has 18 heavy (non-hydrogen) atoms. The average Bonchev–Trinajstić information content (AvgIpc) is 2.39. The second-order valence-corrected chi connectivity index (χ2v) is 4.22. The quantitative estimate of drug-likeness (QED) is 0.907. The van der Waals surface area contributed by atoms with E-state index in [4.69, 9.17) is 5.73 Å². The highest BCUT2D eigenvalue weighted by Crippen LogP contribution is 2.31. The van der Waals surface area contributed by atoms with E-state index in [-0.39, 0.29) is 18.3 Å². The molecule has 0 bridgehead atoms. The van der Waals surface area contributed by atoms with Crippen molar-refractivity contribution in [3.05, 3.63) is 71.8 Å². The van der Waals surface area contributed by atoms with Crippen molar-refractivity contribution in [1.82, 2.24) is 0 Å². The third-order valence-electron chi connectivity index (χ3n) is 3.20. The van der Waals surface area contributed by atoms with Gasteiger partial charge in [-0.15, -0.1) is 12.4 Å². The molecular weight excluding hydrogens is 246 g/mol. The van der Waals surface area contributed by atoms with E-state index in [1.54, 1.807) is 0 Å². The number of benzene rings is 2. The van der Waals surface area contributed by atoms with E-state index in [0.717, 1.165) is 11.1 Å². The molecule has 0 aliphatic heterocycles. The van der Waals surface area contributed by atoms with Crippen molar-refractivity contribution in [2.45, 2.75) is 12.3 Å². The number of rotatable bonds is 3. The Bertz CT molecular complexity index is 471. The Morgan fingerprint density at radius 2 is 1.22 bits per heavy atom. The van der Waals surface area contributed by atoms with Gasteiger partial charge in [0.05, 0.1) is 5.41 Å². The lowest BCUT2D eigenvalue weighted by molar-refractivity contribution is -0.121. The minimum Gasteiger partial charge on any atom is -0.369 e. The third-order valence-corrected chi connectivity index (χ3v) is 3.20. The molecule has 2 aromatic rings. The van der Waals surface area contributed by atoms with Crippen LogP contribution < -0.4 is 5.73 Å². The molecule has 94 valence electrons. The van der Waals surface area contributed by atoms with Crippen LogP contribution in [0.25, 0.3) is 0 Å². The summed E-state index contributed by atoms with van der Waals surface area (Å²) in [5.41, 5.74) is 6.65. The highest BCUT2D eigenvalue weighted by Gasteiger charge is 2.34. The Kier molecular flexibility index (Phi) is 4.51. The maximum absolute atomic E-state index is 11.8. The van der Waals surface area contributed by atoms with Gasteiger partial charge < -0.3 is 5.73 Å². The smallest absolute Gasteiger partial charge is 0.232 e. The van der Waals surface area contributed by atoms with Gasteiger partial charge in [-0.2, -0.15) is 0 Å². The van der Waals surface area contributed by atoms with E-state index >= 15 is 0 Å². The summed E-state index contributed by atoms with van der Waals surface area (Å²) in [5, 5.41) is 0. The number of nitrogens with two attached hydrogens (primary N) is 1. The van der Waals surface area contributed by atoms with Crippen molar-refractivity contribution in [3.8, 4) is 0 Å². The maximum Gasteiger partial charge on any atom is 0.232 e. The first-order valence-electron chi connectivity index (χ1n) is 5.56. The Morgan fingerprint density at radius 3 is 1.50 bits per heavy atom. The van der Waals surface area contributed by atoms with Gasteiger partial charge in [0, 0.05) is 0 Å². The van der Waals surface area contributed by atoms with E-state index in [1.165, 1.54) is 0 Å². The van der Waals surface area contributed by atoms with Crippen molar-refractivity contribution in [1.29, 1.82) is 0 Å². The minimum atomic E-state index is -0.775. The molecule has 2 N–H and O–H groups in total. The van der Waals surface area contributed by atoms with Crippen molar-refractivity contribution in [3.63, 3.8) is 0 Å². The zero-order valence-electron chi connectivity index (χ0n) is 10.2. The van der Waals surface area contributed by atoms with Crippen LogP contribution in [0.2, 0.25) is 0 Å². The van der Waals surface area contributed by atoms with Gasteiger partial charge in [0.15, 0.2) is 0 Å². The molecule has 0 aliphatic rings. The van der Waals surface area contributed by atoms with Crippen molar-refractivity contribution < 1.29 is 4.79 Å². The summed E-state index contributed by atoms with van der Waals surface area (Å²) in [7, 11) is 0.